The smallest absolute Gasteiger partial charge is 0.341 e. The normalized spacial score (nSPS) is 17.4. The lowest BCUT2D eigenvalue weighted by atomic mass is 9.76. The first-order valence-corrected chi connectivity index (χ1v) is 10.4. The number of benzene rings is 3. The van der Waals surface area contributed by atoms with Gasteiger partial charge in [0.05, 0.1) is 41.0 Å². The minimum absolute atomic E-state index is 0.0283. The van der Waals surface area contributed by atoms with Gasteiger partial charge in [0.1, 0.15) is 40.1 Å². The molecule has 0 aliphatic carbocycles. The van der Waals surface area contributed by atoms with Crippen LogP contribution in [0.2, 0.25) is 10.0 Å². The van der Waals surface area contributed by atoms with Crippen molar-refractivity contribution < 1.29 is 43.9 Å². The van der Waals surface area contributed by atoms with E-state index < -0.39 is 28.1 Å². The van der Waals surface area contributed by atoms with E-state index in [2.05, 4.69) is 0 Å². The Bertz CT molecular complexity index is 1430. The third-order valence-electron chi connectivity index (χ3n) is 5.74. The molecule has 9 nitrogen and oxygen atoms in total. The van der Waals surface area contributed by atoms with Crippen LogP contribution in [0.4, 0.5) is 0 Å². The first-order valence-electron chi connectivity index (χ1n) is 9.64. The van der Waals surface area contributed by atoms with Crippen molar-refractivity contribution in [1.29, 1.82) is 0 Å². The number of hydrogen-bond acceptors (Lipinski definition) is 8. The Morgan fingerprint density at radius 2 is 1.68 bits per heavy atom. The number of rotatable bonds is 3. The summed E-state index contributed by atoms with van der Waals surface area (Å²) in [6.07, 6.45) is 0. The first kappa shape index (κ1) is 22.0. The van der Waals surface area contributed by atoms with Gasteiger partial charge in [0.2, 0.25) is 5.60 Å². The highest BCUT2D eigenvalue weighted by molar-refractivity contribution is 6.46. The second kappa shape index (κ2) is 7.34. The molecule has 1 atom stereocenters. The zero-order chi connectivity index (χ0) is 24.5. The molecule has 0 saturated heterocycles. The van der Waals surface area contributed by atoms with Crippen molar-refractivity contribution in [2.45, 2.75) is 5.60 Å². The molecule has 0 amide bonds. The quantitative estimate of drug-likeness (QED) is 0.434. The van der Waals surface area contributed by atoms with Gasteiger partial charge in [-0.3, -0.25) is 0 Å². The van der Waals surface area contributed by atoms with Crippen LogP contribution in [0.25, 0.3) is 0 Å². The number of aromatic hydroxyl groups is 2. The number of phenols is 2. The molecular weight excluding hydrogens is 491 g/mol. The average Bonchev–Trinajstić information content (AvgIpc) is 3.07. The van der Waals surface area contributed by atoms with Crippen molar-refractivity contribution in [2.24, 2.45) is 0 Å². The maximum absolute atomic E-state index is 13.3. The van der Waals surface area contributed by atoms with Gasteiger partial charge in [-0.25, -0.2) is 9.59 Å². The number of methoxy groups -OCH3 is 2. The van der Waals surface area contributed by atoms with E-state index >= 15 is 0 Å². The maximum atomic E-state index is 13.3. The van der Waals surface area contributed by atoms with Crippen molar-refractivity contribution in [3.63, 3.8) is 0 Å². The lowest BCUT2D eigenvalue weighted by Gasteiger charge is -2.38. The van der Waals surface area contributed by atoms with Crippen LogP contribution in [-0.2, 0) is 10.3 Å². The van der Waals surface area contributed by atoms with Gasteiger partial charge in [0, 0.05) is 23.8 Å². The zero-order valence-corrected chi connectivity index (χ0v) is 18.9. The van der Waals surface area contributed by atoms with Crippen LogP contribution in [0, 0.1) is 0 Å². The molecule has 2 aliphatic heterocycles. The Labute approximate surface area is 201 Å². The van der Waals surface area contributed by atoms with Crippen LogP contribution in [-0.4, -0.2) is 41.5 Å². The molecule has 2 aliphatic rings. The number of aromatic carboxylic acids is 1. The number of ether oxygens (including phenoxy) is 4. The van der Waals surface area contributed by atoms with E-state index in [0.717, 1.165) is 0 Å². The Morgan fingerprint density at radius 3 is 2.32 bits per heavy atom. The van der Waals surface area contributed by atoms with Gasteiger partial charge in [-0.05, 0) is 12.1 Å². The lowest BCUT2D eigenvalue weighted by molar-refractivity contribution is 0.0212. The molecule has 1 unspecified atom stereocenters. The molecule has 1 spiro atoms. The summed E-state index contributed by atoms with van der Waals surface area (Å²) >= 11 is 12.6. The minimum Gasteiger partial charge on any atom is -0.508 e. The van der Waals surface area contributed by atoms with Gasteiger partial charge < -0.3 is 34.3 Å². The number of halogens is 2. The standard InChI is InChI=1S/C23H14Cl2O9/c1-31-12-6-9(27)7-13-16(12)23(10-4-3-8(26)5-11(10)33-13)17-14(22(30)34-23)18(24)19(25)15(21(28)29)20(17)32-2/h3-7,26-27H,1-2H3,(H,28,29). The summed E-state index contributed by atoms with van der Waals surface area (Å²) < 4.78 is 22.8. The minimum atomic E-state index is -1.88. The number of esters is 1. The summed E-state index contributed by atoms with van der Waals surface area (Å²) in [4.78, 5) is 25.4. The van der Waals surface area contributed by atoms with Crippen LogP contribution >= 0.6 is 23.2 Å². The molecule has 0 saturated carbocycles. The predicted octanol–water partition coefficient (Wildman–Crippen LogP) is 4.69. The third kappa shape index (κ3) is 2.68. The monoisotopic (exact) mass is 504 g/mol. The summed E-state index contributed by atoms with van der Waals surface area (Å²) in [5.41, 5.74) is -2.22. The average molecular weight is 505 g/mol. The molecule has 0 fully saturated rings. The molecule has 0 bridgehead atoms. The van der Waals surface area contributed by atoms with E-state index in [1.165, 1.54) is 44.6 Å². The number of hydrogen-bond donors (Lipinski definition) is 3. The van der Waals surface area contributed by atoms with Crippen molar-refractivity contribution in [3.8, 4) is 34.5 Å². The second-order valence-corrected chi connectivity index (χ2v) is 8.22. The Morgan fingerprint density at radius 1 is 0.971 bits per heavy atom. The van der Waals surface area contributed by atoms with Gasteiger partial charge >= 0.3 is 11.9 Å². The largest absolute Gasteiger partial charge is 0.508 e. The molecule has 0 aromatic heterocycles. The second-order valence-electron chi connectivity index (χ2n) is 7.47. The maximum Gasteiger partial charge on any atom is 0.341 e. The van der Waals surface area contributed by atoms with Crippen molar-refractivity contribution in [1.82, 2.24) is 0 Å². The zero-order valence-electron chi connectivity index (χ0n) is 17.4. The fourth-order valence-corrected chi connectivity index (χ4v) is 5.03. The van der Waals surface area contributed by atoms with Crippen LogP contribution in [0.5, 0.6) is 34.5 Å². The third-order valence-corrected chi connectivity index (χ3v) is 6.60. The summed E-state index contributed by atoms with van der Waals surface area (Å²) in [6, 6.07) is 6.62. The van der Waals surface area contributed by atoms with Crippen LogP contribution in [0.1, 0.15) is 37.4 Å². The van der Waals surface area contributed by atoms with E-state index in [1.54, 1.807) is 0 Å². The fourth-order valence-electron chi connectivity index (χ4n) is 4.50. The van der Waals surface area contributed by atoms with E-state index in [0.29, 0.717) is 0 Å². The molecule has 11 heteroatoms. The van der Waals surface area contributed by atoms with E-state index in [4.69, 9.17) is 42.1 Å². The van der Waals surface area contributed by atoms with Gasteiger partial charge in [-0.15, -0.1) is 0 Å². The highest BCUT2D eigenvalue weighted by Crippen LogP contribution is 2.63. The number of fused-ring (bicyclic) bond motifs is 6. The molecule has 174 valence electrons. The molecule has 0 radical (unpaired) electrons. The Balaban J connectivity index is 2.04. The fraction of sp³-hybridized carbons (Fsp3) is 0.130. The van der Waals surface area contributed by atoms with Crippen molar-refractivity contribution >= 4 is 35.1 Å². The number of carboxylic acid groups (broad SMARTS) is 1. The Kier molecular flexibility index (Phi) is 4.75. The summed E-state index contributed by atoms with van der Waals surface area (Å²) in [5.74, 6) is -2.81. The van der Waals surface area contributed by atoms with Crippen LogP contribution in [0.3, 0.4) is 0 Å². The van der Waals surface area contributed by atoms with Crippen molar-refractivity contribution in [3.05, 3.63) is 68.2 Å². The summed E-state index contributed by atoms with van der Waals surface area (Å²) in [7, 11) is 2.55. The molecule has 5 rings (SSSR count). The van der Waals surface area contributed by atoms with E-state index in [1.807, 2.05) is 0 Å². The number of carboxylic acids is 1. The van der Waals surface area contributed by atoms with Crippen LogP contribution < -0.4 is 14.2 Å². The molecular formula is C23H14Cl2O9. The lowest BCUT2D eigenvalue weighted by Crippen LogP contribution is -2.34. The summed E-state index contributed by atoms with van der Waals surface area (Å²) in [5, 5.41) is 29.4. The van der Waals surface area contributed by atoms with Gasteiger partial charge in [0.15, 0.2) is 0 Å². The molecule has 3 aromatic carbocycles. The molecule has 3 N–H and O–H groups in total. The van der Waals surface area contributed by atoms with Crippen LogP contribution in [0.15, 0.2) is 30.3 Å². The molecule has 2 heterocycles. The topological polar surface area (TPSA) is 132 Å². The molecule has 34 heavy (non-hydrogen) atoms. The highest BCUT2D eigenvalue weighted by Gasteiger charge is 2.59. The van der Waals surface area contributed by atoms with Crippen molar-refractivity contribution in [2.75, 3.05) is 14.2 Å². The van der Waals surface area contributed by atoms with Gasteiger partial charge in [0.25, 0.3) is 0 Å². The highest BCUT2D eigenvalue weighted by atomic mass is 35.5. The predicted molar refractivity (Wildman–Crippen MR) is 118 cm³/mol. The SMILES string of the molecule is COc1cc(O)cc2c1C1(OC(=O)c3c(Cl)c(Cl)c(C(=O)O)c(OC)c31)c1ccc(O)cc1O2. The number of carbonyl (C=O) groups excluding carboxylic acids is 1. The summed E-state index contributed by atoms with van der Waals surface area (Å²) in [6.45, 7) is 0. The first-order chi connectivity index (χ1) is 16.1. The molecule has 3 aromatic rings. The number of carbonyl (C=O) groups is 2. The van der Waals surface area contributed by atoms with Gasteiger partial charge in [-0.1, -0.05) is 23.2 Å². The van der Waals surface area contributed by atoms with E-state index in [9.17, 15) is 24.9 Å². The Hall–Kier alpha value is -3.82. The van der Waals surface area contributed by atoms with Gasteiger partial charge in [-0.2, -0.15) is 0 Å². The number of phenolic OH excluding ortho intramolecular Hbond substituents is 2. The van der Waals surface area contributed by atoms with E-state index in [-0.39, 0.29) is 61.8 Å².